The number of benzene rings is 1. The van der Waals surface area contributed by atoms with Gasteiger partial charge in [0.25, 0.3) is 9.05 Å². The predicted molar refractivity (Wildman–Crippen MR) is 80.6 cm³/mol. The Morgan fingerprint density at radius 1 is 1.30 bits per heavy atom. The minimum absolute atomic E-state index is 0.0330. The molecule has 0 N–H and O–H groups in total. The van der Waals surface area contributed by atoms with Gasteiger partial charge in [-0.25, -0.2) is 8.42 Å². The second-order valence-electron chi connectivity index (χ2n) is 3.99. The highest BCUT2D eigenvalue weighted by Crippen LogP contribution is 2.29. The Balaban J connectivity index is 2.00. The van der Waals surface area contributed by atoms with E-state index in [1.807, 2.05) is 12.1 Å². The zero-order chi connectivity index (χ0) is 14.6. The summed E-state index contributed by atoms with van der Waals surface area (Å²) in [4.78, 5) is 4.05. The average Bonchev–Trinajstić information content (AvgIpc) is 2.40. The normalized spacial score (nSPS) is 11.3. The molecule has 0 saturated carbocycles. The summed E-state index contributed by atoms with van der Waals surface area (Å²) in [6.45, 7) is 0.470. The first-order valence-electron chi connectivity index (χ1n) is 5.73. The van der Waals surface area contributed by atoms with Crippen LogP contribution < -0.4 is 4.74 Å². The number of nitrogens with zero attached hydrogens (tertiary/aromatic N) is 1. The molecule has 0 unspecified atom stereocenters. The molecule has 0 spiro atoms. The Morgan fingerprint density at radius 2 is 2.10 bits per heavy atom. The Kier molecular flexibility index (Phi) is 5.01. The lowest BCUT2D eigenvalue weighted by Crippen LogP contribution is -2.02. The van der Waals surface area contributed by atoms with E-state index in [0.717, 1.165) is 12.0 Å². The molecule has 0 radical (unpaired) electrons. The van der Waals surface area contributed by atoms with Crippen LogP contribution >= 0.6 is 26.6 Å². The summed E-state index contributed by atoms with van der Waals surface area (Å²) in [6.07, 6.45) is 4.21. The molecule has 2 rings (SSSR count). The fourth-order valence-corrected chi connectivity index (χ4v) is 3.00. The van der Waals surface area contributed by atoms with Gasteiger partial charge in [-0.05, 0) is 45.8 Å². The van der Waals surface area contributed by atoms with Crippen molar-refractivity contribution >= 4 is 35.7 Å². The van der Waals surface area contributed by atoms with Crippen LogP contribution in [0.3, 0.4) is 0 Å². The number of rotatable bonds is 5. The molecule has 1 heterocycles. The van der Waals surface area contributed by atoms with Gasteiger partial charge >= 0.3 is 0 Å². The summed E-state index contributed by atoms with van der Waals surface area (Å²) >= 11 is 3.27. The van der Waals surface area contributed by atoms with Crippen molar-refractivity contribution in [3.05, 3.63) is 52.8 Å². The molecule has 1 aromatic carbocycles. The number of ether oxygens (including phenoxy) is 1. The van der Waals surface area contributed by atoms with Crippen molar-refractivity contribution in [1.82, 2.24) is 4.98 Å². The van der Waals surface area contributed by atoms with Crippen molar-refractivity contribution in [2.75, 3.05) is 6.61 Å². The SMILES string of the molecule is O=S(=O)(Cl)c1ccc(OCCc2cccnc2)c(Br)c1. The molecule has 106 valence electrons. The van der Waals surface area contributed by atoms with Gasteiger partial charge in [0, 0.05) is 29.5 Å². The molecular weight excluding hydrogens is 366 g/mol. The van der Waals surface area contributed by atoms with Crippen molar-refractivity contribution < 1.29 is 13.2 Å². The zero-order valence-electron chi connectivity index (χ0n) is 10.3. The van der Waals surface area contributed by atoms with Gasteiger partial charge < -0.3 is 4.74 Å². The van der Waals surface area contributed by atoms with Gasteiger partial charge in [-0.3, -0.25) is 4.98 Å². The van der Waals surface area contributed by atoms with Crippen LogP contribution in [-0.2, 0) is 15.5 Å². The van der Waals surface area contributed by atoms with E-state index in [2.05, 4.69) is 20.9 Å². The third-order valence-corrected chi connectivity index (χ3v) is 4.53. The summed E-state index contributed by atoms with van der Waals surface area (Å²) in [6, 6.07) is 8.23. The maximum atomic E-state index is 11.2. The molecule has 4 nitrogen and oxygen atoms in total. The Labute approximate surface area is 130 Å². The minimum atomic E-state index is -3.73. The van der Waals surface area contributed by atoms with Gasteiger partial charge in [-0.2, -0.15) is 0 Å². The van der Waals surface area contributed by atoms with E-state index in [-0.39, 0.29) is 4.90 Å². The summed E-state index contributed by atoms with van der Waals surface area (Å²) in [5.74, 6) is 0.568. The van der Waals surface area contributed by atoms with Crippen molar-refractivity contribution in [3.8, 4) is 5.75 Å². The molecule has 20 heavy (non-hydrogen) atoms. The third-order valence-electron chi connectivity index (χ3n) is 2.56. The molecule has 0 amide bonds. The van der Waals surface area contributed by atoms with Crippen molar-refractivity contribution in [1.29, 1.82) is 0 Å². The van der Waals surface area contributed by atoms with Crippen molar-refractivity contribution in [2.24, 2.45) is 0 Å². The molecule has 7 heteroatoms. The molecule has 0 aliphatic carbocycles. The monoisotopic (exact) mass is 375 g/mol. The smallest absolute Gasteiger partial charge is 0.261 e. The fourth-order valence-electron chi connectivity index (χ4n) is 1.58. The van der Waals surface area contributed by atoms with Crippen LogP contribution in [0.1, 0.15) is 5.56 Å². The van der Waals surface area contributed by atoms with Crippen LogP contribution in [0.4, 0.5) is 0 Å². The lowest BCUT2D eigenvalue weighted by molar-refractivity contribution is 0.319. The first-order valence-corrected chi connectivity index (χ1v) is 8.83. The van der Waals surface area contributed by atoms with Gasteiger partial charge in [0.2, 0.25) is 0 Å². The quantitative estimate of drug-likeness (QED) is 0.751. The molecule has 2 aromatic rings. The molecule has 0 saturated heterocycles. The van der Waals surface area contributed by atoms with E-state index in [9.17, 15) is 8.42 Å². The molecule has 0 fully saturated rings. The van der Waals surface area contributed by atoms with Crippen LogP contribution in [0.5, 0.6) is 5.75 Å². The highest BCUT2D eigenvalue weighted by atomic mass is 79.9. The van der Waals surface area contributed by atoms with Gasteiger partial charge in [0.15, 0.2) is 0 Å². The predicted octanol–water partition coefficient (Wildman–Crippen LogP) is 3.39. The van der Waals surface area contributed by atoms with Crippen LogP contribution in [0.25, 0.3) is 0 Å². The maximum Gasteiger partial charge on any atom is 0.261 e. The molecule has 0 bridgehead atoms. The molecule has 0 aliphatic heterocycles. The minimum Gasteiger partial charge on any atom is -0.492 e. The van der Waals surface area contributed by atoms with Crippen molar-refractivity contribution in [2.45, 2.75) is 11.3 Å². The molecular formula is C13H11BrClNO3S. The first-order chi connectivity index (χ1) is 9.47. The molecule has 0 aliphatic rings. The van der Waals surface area contributed by atoms with Gasteiger partial charge in [0.05, 0.1) is 16.0 Å². The van der Waals surface area contributed by atoms with E-state index < -0.39 is 9.05 Å². The lowest BCUT2D eigenvalue weighted by Gasteiger charge is -2.09. The van der Waals surface area contributed by atoms with Crippen LogP contribution in [-0.4, -0.2) is 20.0 Å². The largest absolute Gasteiger partial charge is 0.492 e. The molecule has 0 atom stereocenters. The highest BCUT2D eigenvalue weighted by Gasteiger charge is 2.12. The second kappa shape index (κ2) is 6.56. The zero-order valence-corrected chi connectivity index (χ0v) is 13.5. The van der Waals surface area contributed by atoms with E-state index in [1.165, 1.54) is 12.1 Å². The van der Waals surface area contributed by atoms with E-state index in [0.29, 0.717) is 16.8 Å². The van der Waals surface area contributed by atoms with Crippen LogP contribution in [0, 0.1) is 0 Å². The number of aromatic nitrogens is 1. The first kappa shape index (κ1) is 15.3. The van der Waals surface area contributed by atoms with E-state index >= 15 is 0 Å². The van der Waals surface area contributed by atoms with Gasteiger partial charge in [-0.15, -0.1) is 0 Å². The second-order valence-corrected chi connectivity index (χ2v) is 7.41. The third kappa shape index (κ3) is 4.19. The van der Waals surface area contributed by atoms with Crippen LogP contribution in [0.2, 0.25) is 0 Å². The summed E-state index contributed by atoms with van der Waals surface area (Å²) < 4.78 is 28.5. The number of hydrogen-bond donors (Lipinski definition) is 0. The Hall–Kier alpha value is -1.11. The fraction of sp³-hybridized carbons (Fsp3) is 0.154. The van der Waals surface area contributed by atoms with Crippen molar-refractivity contribution in [3.63, 3.8) is 0 Å². The summed E-state index contributed by atoms with van der Waals surface area (Å²) in [5.41, 5.74) is 1.07. The summed E-state index contributed by atoms with van der Waals surface area (Å²) in [5, 5.41) is 0. The molecule has 1 aromatic heterocycles. The van der Waals surface area contributed by atoms with E-state index in [4.69, 9.17) is 15.4 Å². The Bertz CT molecular complexity index is 692. The van der Waals surface area contributed by atoms with E-state index in [1.54, 1.807) is 18.5 Å². The summed E-state index contributed by atoms with van der Waals surface area (Å²) in [7, 11) is 1.54. The number of pyridine rings is 1. The number of hydrogen-bond acceptors (Lipinski definition) is 4. The highest BCUT2D eigenvalue weighted by molar-refractivity contribution is 9.10. The van der Waals surface area contributed by atoms with Gasteiger partial charge in [-0.1, -0.05) is 6.07 Å². The van der Waals surface area contributed by atoms with Crippen LogP contribution in [0.15, 0.2) is 52.1 Å². The standard InChI is InChI=1S/C13H11BrClNO3S/c14-12-8-11(20(15,17)18)3-4-13(12)19-7-5-10-2-1-6-16-9-10/h1-4,6,8-9H,5,7H2. The average molecular weight is 377 g/mol. The van der Waals surface area contributed by atoms with Gasteiger partial charge in [0.1, 0.15) is 5.75 Å². The maximum absolute atomic E-state index is 11.2. The number of halogens is 2. The Morgan fingerprint density at radius 3 is 2.70 bits per heavy atom. The topological polar surface area (TPSA) is 56.3 Å². The lowest BCUT2D eigenvalue weighted by atomic mass is 10.2.